The van der Waals surface area contributed by atoms with Gasteiger partial charge >= 0.3 is 0 Å². The maximum Gasteiger partial charge on any atom is 0.227 e. The second-order valence-corrected chi connectivity index (χ2v) is 6.40. The summed E-state index contributed by atoms with van der Waals surface area (Å²) in [6, 6.07) is 11.2. The second kappa shape index (κ2) is 7.05. The summed E-state index contributed by atoms with van der Waals surface area (Å²) in [5, 5.41) is 15.2. The van der Waals surface area contributed by atoms with Crippen LogP contribution in [0.25, 0.3) is 0 Å². The van der Waals surface area contributed by atoms with Crippen molar-refractivity contribution in [3.63, 3.8) is 0 Å². The third-order valence-corrected chi connectivity index (χ3v) is 4.82. The number of thiophene rings is 1. The Balaban J connectivity index is 1.62. The van der Waals surface area contributed by atoms with Crippen LogP contribution in [0, 0.1) is 5.92 Å². The quantitative estimate of drug-likeness (QED) is 0.910. The summed E-state index contributed by atoms with van der Waals surface area (Å²) in [5.41, 5.74) is 1.59. The Morgan fingerprint density at radius 3 is 2.59 bits per heavy atom. The minimum atomic E-state index is -0.611. The summed E-state index contributed by atoms with van der Waals surface area (Å²) < 4.78 is 5.27. The molecule has 1 atom stereocenters. The zero-order chi connectivity index (χ0) is 15.4. The number of ether oxygens (including phenoxy) is 1. The fourth-order valence-corrected chi connectivity index (χ4v) is 3.30. The Bertz CT molecular complexity index is 603. The van der Waals surface area contributed by atoms with Crippen molar-refractivity contribution >= 4 is 22.9 Å². The maximum absolute atomic E-state index is 12.2. The Morgan fingerprint density at radius 1 is 1.23 bits per heavy atom. The van der Waals surface area contributed by atoms with Crippen LogP contribution >= 0.6 is 11.3 Å². The first-order chi connectivity index (χ1) is 10.7. The average molecular weight is 317 g/mol. The summed E-state index contributed by atoms with van der Waals surface area (Å²) >= 11 is 1.53. The van der Waals surface area contributed by atoms with E-state index in [-0.39, 0.29) is 11.8 Å². The molecular weight excluding hydrogens is 298 g/mol. The second-order valence-electron chi connectivity index (χ2n) is 5.42. The lowest BCUT2D eigenvalue weighted by atomic mass is 9.99. The van der Waals surface area contributed by atoms with Gasteiger partial charge in [0.1, 0.15) is 6.10 Å². The molecule has 2 N–H and O–H groups in total. The van der Waals surface area contributed by atoms with Gasteiger partial charge in [-0.15, -0.1) is 11.3 Å². The van der Waals surface area contributed by atoms with Crippen LogP contribution in [0.15, 0.2) is 41.8 Å². The van der Waals surface area contributed by atoms with Gasteiger partial charge in [0.15, 0.2) is 0 Å². The number of carbonyl (C=O) groups is 1. The summed E-state index contributed by atoms with van der Waals surface area (Å²) in [6.45, 7) is 1.31. The topological polar surface area (TPSA) is 58.6 Å². The van der Waals surface area contributed by atoms with Crippen molar-refractivity contribution in [2.75, 3.05) is 18.5 Å². The predicted octanol–water partition coefficient (Wildman–Crippen LogP) is 3.19. The zero-order valence-corrected chi connectivity index (χ0v) is 13.0. The number of aliphatic hydroxyl groups is 1. The van der Waals surface area contributed by atoms with E-state index in [2.05, 4.69) is 5.32 Å². The molecule has 1 aromatic heterocycles. The van der Waals surface area contributed by atoms with E-state index in [1.54, 1.807) is 0 Å². The minimum absolute atomic E-state index is 0.0325. The molecule has 0 saturated carbocycles. The molecule has 0 radical (unpaired) electrons. The first-order valence-electron chi connectivity index (χ1n) is 7.44. The number of aliphatic hydroxyl groups excluding tert-OH is 1. The van der Waals surface area contributed by atoms with Crippen LogP contribution in [-0.4, -0.2) is 24.2 Å². The highest BCUT2D eigenvalue weighted by Crippen LogP contribution is 2.27. The van der Waals surface area contributed by atoms with Crippen molar-refractivity contribution in [2.24, 2.45) is 5.92 Å². The molecule has 1 unspecified atom stereocenters. The number of carbonyl (C=O) groups excluding carboxylic acids is 1. The predicted molar refractivity (Wildman–Crippen MR) is 87.0 cm³/mol. The molecule has 0 aliphatic carbocycles. The maximum atomic E-state index is 12.2. The van der Waals surface area contributed by atoms with E-state index in [4.69, 9.17) is 4.74 Å². The highest BCUT2D eigenvalue weighted by Gasteiger charge is 2.21. The minimum Gasteiger partial charge on any atom is -0.383 e. The van der Waals surface area contributed by atoms with E-state index >= 15 is 0 Å². The van der Waals surface area contributed by atoms with Gasteiger partial charge in [0, 0.05) is 29.7 Å². The summed E-state index contributed by atoms with van der Waals surface area (Å²) in [7, 11) is 0. The van der Waals surface area contributed by atoms with Crippen molar-refractivity contribution in [2.45, 2.75) is 18.9 Å². The molecule has 22 heavy (non-hydrogen) atoms. The van der Waals surface area contributed by atoms with Gasteiger partial charge in [-0.25, -0.2) is 0 Å². The summed E-state index contributed by atoms with van der Waals surface area (Å²) in [5.74, 6) is 0.0833. The summed E-state index contributed by atoms with van der Waals surface area (Å²) in [4.78, 5) is 13.1. The van der Waals surface area contributed by atoms with Crippen LogP contribution in [0.5, 0.6) is 0 Å². The Kier molecular flexibility index (Phi) is 4.87. The van der Waals surface area contributed by atoms with Gasteiger partial charge in [-0.05, 0) is 42.0 Å². The lowest BCUT2D eigenvalue weighted by Crippen LogP contribution is -2.28. The van der Waals surface area contributed by atoms with Crippen LogP contribution in [-0.2, 0) is 9.53 Å². The van der Waals surface area contributed by atoms with Crippen LogP contribution in [0.4, 0.5) is 5.69 Å². The lowest BCUT2D eigenvalue weighted by molar-refractivity contribution is -0.122. The molecule has 1 saturated heterocycles. The Morgan fingerprint density at radius 2 is 1.95 bits per heavy atom. The van der Waals surface area contributed by atoms with Crippen molar-refractivity contribution in [3.05, 3.63) is 52.2 Å². The average Bonchev–Trinajstić information content (AvgIpc) is 3.10. The lowest BCUT2D eigenvalue weighted by Gasteiger charge is -2.21. The van der Waals surface area contributed by atoms with Gasteiger partial charge in [0.05, 0.1) is 0 Å². The molecule has 2 heterocycles. The molecule has 5 heteroatoms. The van der Waals surface area contributed by atoms with Gasteiger partial charge in [0.2, 0.25) is 5.91 Å². The van der Waals surface area contributed by atoms with E-state index in [9.17, 15) is 9.90 Å². The number of nitrogens with one attached hydrogen (secondary N) is 1. The molecule has 1 aliphatic heterocycles. The Labute approximate surface area is 133 Å². The van der Waals surface area contributed by atoms with Crippen molar-refractivity contribution in [1.82, 2.24) is 0 Å². The third kappa shape index (κ3) is 3.55. The monoisotopic (exact) mass is 317 g/mol. The smallest absolute Gasteiger partial charge is 0.227 e. The largest absolute Gasteiger partial charge is 0.383 e. The van der Waals surface area contributed by atoms with Gasteiger partial charge in [-0.2, -0.15) is 0 Å². The number of anilines is 1. The summed E-state index contributed by atoms with van der Waals surface area (Å²) in [6.07, 6.45) is 0.947. The van der Waals surface area contributed by atoms with Gasteiger partial charge < -0.3 is 15.2 Å². The fourth-order valence-electron chi connectivity index (χ4n) is 2.56. The van der Waals surface area contributed by atoms with E-state index in [1.165, 1.54) is 11.3 Å². The van der Waals surface area contributed by atoms with Crippen molar-refractivity contribution < 1.29 is 14.6 Å². The molecule has 0 bridgehead atoms. The van der Waals surface area contributed by atoms with Crippen LogP contribution in [0.2, 0.25) is 0 Å². The number of hydrogen-bond acceptors (Lipinski definition) is 4. The number of amides is 1. The standard InChI is InChI=1S/C17H19NO3S/c19-16(15-2-1-11-22-15)12-3-5-14(6-4-12)18-17(20)13-7-9-21-10-8-13/h1-6,11,13,16,19H,7-10H2,(H,18,20). The van der Waals surface area contributed by atoms with Crippen molar-refractivity contribution in [1.29, 1.82) is 0 Å². The first kappa shape index (κ1) is 15.2. The van der Waals surface area contributed by atoms with Gasteiger partial charge in [-0.3, -0.25) is 4.79 Å². The highest BCUT2D eigenvalue weighted by atomic mass is 32.1. The molecule has 116 valence electrons. The van der Waals surface area contributed by atoms with Gasteiger partial charge in [0.25, 0.3) is 0 Å². The normalized spacial score (nSPS) is 17.1. The molecule has 1 aromatic carbocycles. The van der Waals surface area contributed by atoms with Gasteiger partial charge in [-0.1, -0.05) is 18.2 Å². The molecule has 1 fully saturated rings. The highest BCUT2D eigenvalue weighted by molar-refractivity contribution is 7.10. The van der Waals surface area contributed by atoms with E-state index < -0.39 is 6.10 Å². The Hall–Kier alpha value is -1.69. The molecule has 1 amide bonds. The molecule has 0 spiro atoms. The molecular formula is C17H19NO3S. The zero-order valence-electron chi connectivity index (χ0n) is 12.2. The number of hydrogen-bond donors (Lipinski definition) is 2. The van der Waals surface area contributed by atoms with Crippen molar-refractivity contribution in [3.8, 4) is 0 Å². The van der Waals surface area contributed by atoms with E-state index in [1.807, 2.05) is 41.8 Å². The molecule has 2 aromatic rings. The van der Waals surface area contributed by atoms with E-state index in [0.717, 1.165) is 29.0 Å². The number of rotatable bonds is 4. The fraction of sp³-hybridized carbons (Fsp3) is 0.353. The number of benzene rings is 1. The van der Waals surface area contributed by atoms with Crippen LogP contribution in [0.1, 0.15) is 29.4 Å². The SMILES string of the molecule is O=C(Nc1ccc(C(O)c2cccs2)cc1)C1CCOCC1. The van der Waals surface area contributed by atoms with E-state index in [0.29, 0.717) is 13.2 Å². The molecule has 1 aliphatic rings. The first-order valence-corrected chi connectivity index (χ1v) is 8.32. The molecule has 3 rings (SSSR count). The van der Waals surface area contributed by atoms with Crippen LogP contribution < -0.4 is 5.32 Å². The third-order valence-electron chi connectivity index (χ3n) is 3.90. The van der Waals surface area contributed by atoms with Crippen LogP contribution in [0.3, 0.4) is 0 Å². The molecule has 4 nitrogen and oxygen atoms in total.